The molecule has 2 N–H and O–H groups in total. The average Bonchev–Trinajstić information content (AvgIpc) is 2.83. The summed E-state index contributed by atoms with van der Waals surface area (Å²) in [5.41, 5.74) is 7.62. The Hall–Kier alpha value is -3.02. The van der Waals surface area contributed by atoms with Gasteiger partial charge >= 0.3 is 0 Å². The minimum atomic E-state index is -0.349. The molecule has 190 valence electrons. The number of nitrogens with two attached hydrogens (primary N) is 1. The summed E-state index contributed by atoms with van der Waals surface area (Å²) in [6.07, 6.45) is 3.76. The molecule has 2 aromatic rings. The van der Waals surface area contributed by atoms with E-state index in [9.17, 15) is 9.59 Å². The van der Waals surface area contributed by atoms with Gasteiger partial charge in [-0.25, -0.2) is 0 Å². The maximum absolute atomic E-state index is 12.9. The summed E-state index contributed by atoms with van der Waals surface area (Å²) >= 11 is 0. The van der Waals surface area contributed by atoms with Gasteiger partial charge in [-0.2, -0.15) is 0 Å². The number of piperidine rings is 1. The zero-order valence-corrected chi connectivity index (χ0v) is 21.5. The van der Waals surface area contributed by atoms with Crippen molar-refractivity contribution in [3.8, 4) is 5.75 Å². The molecule has 2 atom stereocenters. The quantitative estimate of drug-likeness (QED) is 0.464. The highest BCUT2D eigenvalue weighted by Gasteiger charge is 2.29. The molecule has 0 saturated carbocycles. The molecular weight excluding hydrogens is 438 g/mol. The van der Waals surface area contributed by atoms with Crippen LogP contribution in [0.15, 0.2) is 54.6 Å². The average molecular weight is 480 g/mol. The molecule has 0 aromatic heterocycles. The van der Waals surface area contributed by atoms with Crippen LogP contribution in [0.1, 0.15) is 58.4 Å². The molecule has 2 unspecified atom stereocenters. The number of hydrogen-bond acceptors (Lipinski definition) is 4. The van der Waals surface area contributed by atoms with Gasteiger partial charge < -0.3 is 20.3 Å². The van der Waals surface area contributed by atoms with Crippen molar-refractivity contribution in [2.24, 2.45) is 17.6 Å². The third-order valence-electron chi connectivity index (χ3n) is 6.63. The van der Waals surface area contributed by atoms with Gasteiger partial charge in [-0.3, -0.25) is 9.59 Å². The van der Waals surface area contributed by atoms with Gasteiger partial charge in [0.1, 0.15) is 12.4 Å². The lowest BCUT2D eigenvalue weighted by molar-refractivity contribution is -0.133. The molecule has 0 radical (unpaired) electrons. The molecule has 1 fully saturated rings. The lowest BCUT2D eigenvalue weighted by Gasteiger charge is -2.41. The maximum atomic E-state index is 12.9. The van der Waals surface area contributed by atoms with Crippen molar-refractivity contribution in [1.29, 1.82) is 0 Å². The second-order valence-corrected chi connectivity index (χ2v) is 10.3. The Labute approximate surface area is 210 Å². The van der Waals surface area contributed by atoms with Crippen LogP contribution in [0.3, 0.4) is 0 Å². The van der Waals surface area contributed by atoms with Crippen molar-refractivity contribution in [2.75, 3.05) is 24.5 Å². The first kappa shape index (κ1) is 26.6. The van der Waals surface area contributed by atoms with Crippen LogP contribution in [0.2, 0.25) is 0 Å². The van der Waals surface area contributed by atoms with E-state index in [1.807, 2.05) is 42.2 Å². The number of nitrogens with zero attached hydrogens (tertiary/aromatic N) is 2. The molecule has 6 nitrogen and oxygen atoms in total. The molecule has 2 amide bonds. The molecule has 6 heteroatoms. The smallest absolute Gasteiger partial charge is 0.222 e. The summed E-state index contributed by atoms with van der Waals surface area (Å²) in [7, 11) is 0. The van der Waals surface area contributed by atoms with Gasteiger partial charge in [0.05, 0.1) is 0 Å². The van der Waals surface area contributed by atoms with Crippen LogP contribution in [0.5, 0.6) is 5.75 Å². The predicted octanol–water partition coefficient (Wildman–Crippen LogP) is 5.01. The van der Waals surface area contributed by atoms with Gasteiger partial charge in [-0.15, -0.1) is 0 Å². The first-order valence-electron chi connectivity index (χ1n) is 12.9. The van der Waals surface area contributed by atoms with E-state index in [4.69, 9.17) is 10.5 Å². The van der Waals surface area contributed by atoms with E-state index in [1.54, 1.807) is 0 Å². The number of hydrogen-bond donors (Lipinski definition) is 1. The number of primary amides is 1. The zero-order valence-electron chi connectivity index (χ0n) is 21.5. The Morgan fingerprint density at radius 3 is 2.43 bits per heavy atom. The molecule has 1 aliphatic rings. The topological polar surface area (TPSA) is 75.9 Å². The van der Waals surface area contributed by atoms with Crippen LogP contribution in [-0.2, 0) is 16.2 Å². The van der Waals surface area contributed by atoms with Crippen molar-refractivity contribution >= 4 is 17.5 Å². The lowest BCUT2D eigenvalue weighted by Crippen LogP contribution is -2.50. The third-order valence-corrected chi connectivity index (χ3v) is 6.63. The largest absolute Gasteiger partial charge is 0.489 e. The van der Waals surface area contributed by atoms with E-state index in [2.05, 4.69) is 43.0 Å². The Morgan fingerprint density at radius 2 is 1.77 bits per heavy atom. The Kier molecular flexibility index (Phi) is 10.0. The number of likely N-dealkylation sites (tertiary alicyclic amines) is 1. The predicted molar refractivity (Wildman–Crippen MR) is 141 cm³/mol. The SMILES string of the molecule is CC(C)CCN(c1ccc(OCc2ccccc2)cc1)C1CCCN(C(=O)CC(C)CC(N)=O)C1. The van der Waals surface area contributed by atoms with Crippen LogP contribution in [0.25, 0.3) is 0 Å². The molecule has 0 bridgehead atoms. The van der Waals surface area contributed by atoms with Crippen molar-refractivity contribution in [1.82, 2.24) is 4.90 Å². The van der Waals surface area contributed by atoms with Crippen LogP contribution in [-0.4, -0.2) is 42.4 Å². The molecular formula is C29H41N3O3. The van der Waals surface area contributed by atoms with Crippen molar-refractivity contribution < 1.29 is 14.3 Å². The van der Waals surface area contributed by atoms with Crippen LogP contribution >= 0.6 is 0 Å². The Bertz CT molecular complexity index is 930. The normalized spacial score (nSPS) is 16.7. The highest BCUT2D eigenvalue weighted by Crippen LogP contribution is 2.27. The molecule has 0 spiro atoms. The van der Waals surface area contributed by atoms with Crippen molar-refractivity contribution in [2.45, 2.75) is 65.5 Å². The summed E-state index contributed by atoms with van der Waals surface area (Å²) in [5, 5.41) is 0. The van der Waals surface area contributed by atoms with Crippen molar-refractivity contribution in [3.63, 3.8) is 0 Å². The van der Waals surface area contributed by atoms with E-state index in [0.29, 0.717) is 25.5 Å². The number of ether oxygens (including phenoxy) is 1. The van der Waals surface area contributed by atoms with Crippen LogP contribution in [0, 0.1) is 11.8 Å². The van der Waals surface area contributed by atoms with Gasteiger partial charge in [-0.05, 0) is 60.9 Å². The van der Waals surface area contributed by atoms with E-state index in [0.717, 1.165) is 43.7 Å². The lowest BCUT2D eigenvalue weighted by atomic mass is 9.98. The fourth-order valence-electron chi connectivity index (χ4n) is 4.67. The van der Waals surface area contributed by atoms with E-state index in [1.165, 1.54) is 5.69 Å². The van der Waals surface area contributed by atoms with E-state index in [-0.39, 0.29) is 30.2 Å². The summed E-state index contributed by atoms with van der Waals surface area (Å²) < 4.78 is 5.98. The first-order valence-corrected chi connectivity index (χ1v) is 12.9. The van der Waals surface area contributed by atoms with Gasteiger partial charge in [0.2, 0.25) is 11.8 Å². The number of benzene rings is 2. The summed E-state index contributed by atoms with van der Waals surface area (Å²) in [6, 6.07) is 18.8. The van der Waals surface area contributed by atoms with Gasteiger partial charge in [0.25, 0.3) is 0 Å². The molecule has 1 aliphatic heterocycles. The zero-order chi connectivity index (χ0) is 25.2. The van der Waals surface area contributed by atoms with E-state index < -0.39 is 0 Å². The number of rotatable bonds is 12. The minimum absolute atomic E-state index is 0.0270. The number of amides is 2. The van der Waals surface area contributed by atoms with Gasteiger partial charge in [0, 0.05) is 44.2 Å². The van der Waals surface area contributed by atoms with Crippen molar-refractivity contribution in [3.05, 3.63) is 60.2 Å². The highest BCUT2D eigenvalue weighted by atomic mass is 16.5. The fourth-order valence-corrected chi connectivity index (χ4v) is 4.67. The maximum Gasteiger partial charge on any atom is 0.222 e. The standard InChI is InChI=1S/C29H41N3O3/c1-22(2)15-17-32(25-11-13-27(14-12-25)35-21-24-8-5-4-6-9-24)26-10-7-16-31(20-26)29(34)19-23(3)18-28(30)33/h4-6,8-9,11-14,22-23,26H,7,10,15-21H2,1-3H3,(H2,30,33). The number of carbonyl (C=O) groups excluding carboxylic acids is 2. The second kappa shape index (κ2) is 13.2. The molecule has 0 aliphatic carbocycles. The van der Waals surface area contributed by atoms with Crippen LogP contribution < -0.4 is 15.4 Å². The summed E-state index contributed by atoms with van der Waals surface area (Å²) in [6.45, 7) is 9.40. The van der Waals surface area contributed by atoms with Crippen LogP contribution in [0.4, 0.5) is 5.69 Å². The second-order valence-electron chi connectivity index (χ2n) is 10.3. The Balaban J connectivity index is 1.66. The highest BCUT2D eigenvalue weighted by molar-refractivity contribution is 5.78. The summed E-state index contributed by atoms with van der Waals surface area (Å²) in [5.74, 6) is 1.20. The van der Waals surface area contributed by atoms with Gasteiger partial charge in [-0.1, -0.05) is 51.1 Å². The fraction of sp³-hybridized carbons (Fsp3) is 0.517. The molecule has 1 saturated heterocycles. The Morgan fingerprint density at radius 1 is 1.06 bits per heavy atom. The molecule has 2 aromatic carbocycles. The first-order chi connectivity index (χ1) is 16.8. The molecule has 3 rings (SSSR count). The number of carbonyl (C=O) groups is 2. The molecule has 35 heavy (non-hydrogen) atoms. The van der Waals surface area contributed by atoms with Gasteiger partial charge in [0.15, 0.2) is 0 Å². The monoisotopic (exact) mass is 479 g/mol. The summed E-state index contributed by atoms with van der Waals surface area (Å²) in [4.78, 5) is 28.6. The number of anilines is 1. The molecule has 1 heterocycles. The minimum Gasteiger partial charge on any atom is -0.489 e. The van der Waals surface area contributed by atoms with E-state index >= 15 is 0 Å². The third kappa shape index (κ3) is 8.61.